The number of rotatable bonds is 4. The standard InChI is InChI=1S/C15H20N4O3S/c1-2-11-9-23-14(16-11)10-4-3-5-18(6-10)13(21)8-19-7-12(20)17-15(19)22/h9-10H,2-8H2,1H3,(H,17,20,22)/t10-/m1/s1. The van der Waals surface area contributed by atoms with Gasteiger partial charge in [0.1, 0.15) is 13.1 Å². The van der Waals surface area contributed by atoms with Crippen molar-refractivity contribution in [1.29, 1.82) is 0 Å². The van der Waals surface area contributed by atoms with Crippen LogP contribution in [-0.2, 0) is 16.0 Å². The maximum atomic E-state index is 12.4. The van der Waals surface area contributed by atoms with Crippen molar-refractivity contribution in [3.63, 3.8) is 0 Å². The molecule has 0 saturated carbocycles. The van der Waals surface area contributed by atoms with Crippen LogP contribution in [0.4, 0.5) is 4.79 Å². The quantitative estimate of drug-likeness (QED) is 0.831. The van der Waals surface area contributed by atoms with Crippen LogP contribution in [0.2, 0.25) is 0 Å². The first-order valence-electron chi connectivity index (χ1n) is 7.87. The minimum absolute atomic E-state index is 0.0335. The van der Waals surface area contributed by atoms with Gasteiger partial charge in [-0.3, -0.25) is 14.9 Å². The van der Waals surface area contributed by atoms with E-state index in [1.54, 1.807) is 16.2 Å². The number of piperidine rings is 1. The number of aryl methyl sites for hydroxylation is 1. The van der Waals surface area contributed by atoms with Crippen LogP contribution in [0.5, 0.6) is 0 Å². The second-order valence-electron chi connectivity index (χ2n) is 5.92. The molecule has 0 spiro atoms. The van der Waals surface area contributed by atoms with Gasteiger partial charge in [0.15, 0.2) is 0 Å². The largest absolute Gasteiger partial charge is 0.340 e. The highest BCUT2D eigenvalue weighted by Gasteiger charge is 2.32. The van der Waals surface area contributed by atoms with Crippen LogP contribution in [0, 0.1) is 0 Å². The van der Waals surface area contributed by atoms with E-state index in [0.717, 1.165) is 30.0 Å². The Morgan fingerprint density at radius 1 is 1.48 bits per heavy atom. The lowest BCUT2D eigenvalue weighted by Crippen LogP contribution is -2.45. The van der Waals surface area contributed by atoms with Gasteiger partial charge in [0.2, 0.25) is 11.8 Å². The molecule has 0 unspecified atom stereocenters. The Bertz CT molecular complexity index is 630. The summed E-state index contributed by atoms with van der Waals surface area (Å²) in [6.45, 7) is 3.35. The molecule has 23 heavy (non-hydrogen) atoms. The van der Waals surface area contributed by atoms with Gasteiger partial charge in [-0.1, -0.05) is 6.92 Å². The van der Waals surface area contributed by atoms with Gasteiger partial charge in [-0.25, -0.2) is 9.78 Å². The first-order valence-corrected chi connectivity index (χ1v) is 8.75. The molecule has 2 aliphatic rings. The second-order valence-corrected chi connectivity index (χ2v) is 6.81. The number of imide groups is 1. The van der Waals surface area contributed by atoms with Crippen molar-refractivity contribution in [2.75, 3.05) is 26.2 Å². The average molecular weight is 336 g/mol. The predicted molar refractivity (Wildman–Crippen MR) is 85.2 cm³/mol. The molecule has 3 heterocycles. The molecule has 3 rings (SSSR count). The van der Waals surface area contributed by atoms with Crippen LogP contribution in [0.25, 0.3) is 0 Å². The average Bonchev–Trinajstić information content (AvgIpc) is 3.14. The summed E-state index contributed by atoms with van der Waals surface area (Å²) in [6, 6.07) is -0.482. The zero-order valence-corrected chi connectivity index (χ0v) is 13.9. The number of urea groups is 1. The Labute approximate surface area is 138 Å². The zero-order chi connectivity index (χ0) is 16.4. The molecule has 2 saturated heterocycles. The zero-order valence-electron chi connectivity index (χ0n) is 13.1. The molecule has 0 radical (unpaired) electrons. The van der Waals surface area contributed by atoms with Gasteiger partial charge in [0.05, 0.1) is 10.7 Å². The molecule has 7 nitrogen and oxygen atoms in total. The van der Waals surface area contributed by atoms with Gasteiger partial charge >= 0.3 is 6.03 Å². The number of amides is 4. The summed E-state index contributed by atoms with van der Waals surface area (Å²) in [5, 5.41) is 5.36. The summed E-state index contributed by atoms with van der Waals surface area (Å²) in [7, 11) is 0. The fourth-order valence-electron chi connectivity index (χ4n) is 2.95. The van der Waals surface area contributed by atoms with Crippen LogP contribution >= 0.6 is 11.3 Å². The lowest BCUT2D eigenvalue weighted by molar-refractivity contribution is -0.132. The summed E-state index contributed by atoms with van der Waals surface area (Å²) in [5.41, 5.74) is 1.10. The minimum atomic E-state index is -0.482. The van der Waals surface area contributed by atoms with E-state index in [-0.39, 0.29) is 30.8 Å². The first-order chi connectivity index (χ1) is 11.1. The lowest BCUT2D eigenvalue weighted by Gasteiger charge is -2.32. The fraction of sp³-hybridized carbons (Fsp3) is 0.600. The van der Waals surface area contributed by atoms with Crippen LogP contribution in [-0.4, -0.2) is 58.8 Å². The normalized spacial score (nSPS) is 21.7. The lowest BCUT2D eigenvalue weighted by atomic mass is 9.98. The Hall–Kier alpha value is -1.96. The number of hydrogen-bond donors (Lipinski definition) is 1. The van der Waals surface area contributed by atoms with Crippen LogP contribution in [0.15, 0.2) is 5.38 Å². The number of likely N-dealkylation sites (tertiary alicyclic amines) is 1. The predicted octanol–water partition coefficient (Wildman–Crippen LogP) is 0.963. The minimum Gasteiger partial charge on any atom is -0.340 e. The SMILES string of the molecule is CCc1csc([C@@H]2CCCN(C(=O)CN3CC(=O)NC3=O)C2)n1. The van der Waals surface area contributed by atoms with Crippen molar-refractivity contribution < 1.29 is 14.4 Å². The molecule has 8 heteroatoms. The molecule has 124 valence electrons. The third-order valence-corrected chi connectivity index (χ3v) is 5.31. The summed E-state index contributed by atoms with van der Waals surface area (Å²) in [6.07, 6.45) is 2.88. The maximum absolute atomic E-state index is 12.4. The summed E-state index contributed by atoms with van der Waals surface area (Å²) in [5.74, 6) is -0.187. The number of nitrogens with zero attached hydrogens (tertiary/aromatic N) is 3. The molecule has 0 aromatic carbocycles. The van der Waals surface area contributed by atoms with Crippen LogP contribution in [0.3, 0.4) is 0 Å². The Morgan fingerprint density at radius 2 is 2.30 bits per heavy atom. The van der Waals surface area contributed by atoms with E-state index < -0.39 is 6.03 Å². The van der Waals surface area contributed by atoms with Crippen molar-refractivity contribution in [2.24, 2.45) is 0 Å². The van der Waals surface area contributed by atoms with E-state index in [9.17, 15) is 14.4 Å². The highest BCUT2D eigenvalue weighted by atomic mass is 32.1. The Morgan fingerprint density at radius 3 is 2.96 bits per heavy atom. The van der Waals surface area contributed by atoms with Crippen molar-refractivity contribution >= 4 is 29.2 Å². The highest BCUT2D eigenvalue weighted by Crippen LogP contribution is 2.29. The van der Waals surface area contributed by atoms with Crippen molar-refractivity contribution in [2.45, 2.75) is 32.1 Å². The third-order valence-electron chi connectivity index (χ3n) is 4.25. The summed E-state index contributed by atoms with van der Waals surface area (Å²) < 4.78 is 0. The number of hydrogen-bond acceptors (Lipinski definition) is 5. The molecular formula is C15H20N4O3S. The van der Waals surface area contributed by atoms with E-state index in [0.29, 0.717) is 13.1 Å². The Balaban J connectivity index is 1.60. The van der Waals surface area contributed by atoms with Gasteiger partial charge in [-0.05, 0) is 19.3 Å². The second kappa shape index (κ2) is 6.66. The van der Waals surface area contributed by atoms with Crippen LogP contribution in [0.1, 0.15) is 36.4 Å². The number of thiazole rings is 1. The van der Waals surface area contributed by atoms with Crippen LogP contribution < -0.4 is 5.32 Å². The molecule has 4 amide bonds. The van der Waals surface area contributed by atoms with Gasteiger partial charge in [0.25, 0.3) is 0 Å². The van der Waals surface area contributed by atoms with E-state index >= 15 is 0 Å². The molecule has 1 N–H and O–H groups in total. The molecule has 0 aliphatic carbocycles. The molecule has 2 aliphatic heterocycles. The van der Waals surface area contributed by atoms with E-state index in [2.05, 4.69) is 22.6 Å². The summed E-state index contributed by atoms with van der Waals surface area (Å²) >= 11 is 1.66. The van der Waals surface area contributed by atoms with Gasteiger partial charge in [-0.2, -0.15) is 0 Å². The number of aromatic nitrogens is 1. The first kappa shape index (κ1) is 15.9. The van der Waals surface area contributed by atoms with Gasteiger partial charge in [0, 0.05) is 24.4 Å². The van der Waals surface area contributed by atoms with Crippen molar-refractivity contribution in [3.8, 4) is 0 Å². The molecule has 1 aromatic rings. The highest BCUT2D eigenvalue weighted by molar-refractivity contribution is 7.09. The smallest absolute Gasteiger partial charge is 0.325 e. The number of carbonyl (C=O) groups excluding carboxylic acids is 3. The van der Waals surface area contributed by atoms with E-state index in [4.69, 9.17) is 0 Å². The van der Waals surface area contributed by atoms with Gasteiger partial charge in [-0.15, -0.1) is 11.3 Å². The molecule has 2 fully saturated rings. The Kier molecular flexibility index (Phi) is 4.61. The summed E-state index contributed by atoms with van der Waals surface area (Å²) in [4.78, 5) is 42.8. The van der Waals surface area contributed by atoms with E-state index in [1.807, 2.05) is 0 Å². The van der Waals surface area contributed by atoms with E-state index in [1.165, 1.54) is 4.90 Å². The molecular weight excluding hydrogens is 316 g/mol. The van der Waals surface area contributed by atoms with Crippen molar-refractivity contribution in [3.05, 3.63) is 16.1 Å². The molecule has 1 aromatic heterocycles. The number of nitrogens with one attached hydrogen (secondary N) is 1. The number of carbonyl (C=O) groups is 3. The maximum Gasteiger partial charge on any atom is 0.325 e. The topological polar surface area (TPSA) is 82.6 Å². The fourth-order valence-corrected chi connectivity index (χ4v) is 3.98. The van der Waals surface area contributed by atoms with Gasteiger partial charge < -0.3 is 9.80 Å². The third kappa shape index (κ3) is 3.52. The van der Waals surface area contributed by atoms with Crippen molar-refractivity contribution in [1.82, 2.24) is 20.1 Å². The molecule has 1 atom stereocenters. The molecule has 0 bridgehead atoms. The monoisotopic (exact) mass is 336 g/mol.